The third kappa shape index (κ3) is 3.70. The zero-order valence-corrected chi connectivity index (χ0v) is 11.3. The quantitative estimate of drug-likeness (QED) is 0.766. The second-order valence-corrected chi connectivity index (χ2v) is 4.58. The normalized spacial score (nSPS) is 16.1. The lowest BCUT2D eigenvalue weighted by Gasteiger charge is -2.33. The highest BCUT2D eigenvalue weighted by Gasteiger charge is 2.21. The van der Waals surface area contributed by atoms with Gasteiger partial charge in [0, 0.05) is 44.5 Å². The number of rotatable bonds is 3. The Morgan fingerprint density at radius 2 is 1.95 bits per heavy atom. The summed E-state index contributed by atoms with van der Waals surface area (Å²) in [6, 6.07) is 1.37. The highest BCUT2D eigenvalue weighted by atomic mass is 16.6. The number of nitrogens with one attached hydrogen (secondary N) is 2. The van der Waals surface area contributed by atoms with Crippen LogP contribution in [-0.4, -0.2) is 58.6 Å². The molecule has 1 aliphatic heterocycles. The average Bonchev–Trinajstić information content (AvgIpc) is 2.38. The smallest absolute Gasteiger partial charge is 0.409 e. The molecule has 0 bridgehead atoms. The Labute approximate surface area is 115 Å². The number of carbonyl (C=O) groups is 1. The van der Waals surface area contributed by atoms with Crippen molar-refractivity contribution in [3.05, 3.63) is 32.6 Å². The molecular weight excluding hydrogens is 264 g/mol. The van der Waals surface area contributed by atoms with Gasteiger partial charge in [-0.15, -0.1) is 0 Å². The molecule has 20 heavy (non-hydrogen) atoms. The summed E-state index contributed by atoms with van der Waals surface area (Å²) >= 11 is 0. The van der Waals surface area contributed by atoms with Crippen molar-refractivity contribution in [2.75, 3.05) is 32.8 Å². The number of H-pyrrole nitrogens is 2. The van der Waals surface area contributed by atoms with Crippen LogP contribution in [0.15, 0.2) is 15.7 Å². The highest BCUT2D eigenvalue weighted by molar-refractivity contribution is 5.67. The summed E-state index contributed by atoms with van der Waals surface area (Å²) in [6.07, 6.45) is -0.295. The predicted molar refractivity (Wildman–Crippen MR) is 71.6 cm³/mol. The molecule has 1 amide bonds. The molecule has 8 nitrogen and oxygen atoms in total. The Morgan fingerprint density at radius 1 is 1.25 bits per heavy atom. The van der Waals surface area contributed by atoms with Gasteiger partial charge in [0.15, 0.2) is 0 Å². The maximum Gasteiger partial charge on any atom is 0.409 e. The van der Waals surface area contributed by atoms with Crippen LogP contribution in [0.2, 0.25) is 0 Å². The molecule has 0 radical (unpaired) electrons. The number of nitrogens with zero attached hydrogens (tertiary/aromatic N) is 2. The van der Waals surface area contributed by atoms with Crippen molar-refractivity contribution in [2.45, 2.75) is 13.5 Å². The largest absolute Gasteiger partial charge is 0.450 e. The van der Waals surface area contributed by atoms with Gasteiger partial charge in [-0.05, 0) is 6.92 Å². The molecule has 2 rings (SSSR count). The fourth-order valence-electron chi connectivity index (χ4n) is 2.15. The summed E-state index contributed by atoms with van der Waals surface area (Å²) in [6.45, 7) is 5.13. The Kier molecular flexibility index (Phi) is 4.57. The standard InChI is InChI=1S/C12H18N4O4/c1-2-20-12(19)16-5-3-15(4-6-16)8-9-7-10(17)14-11(18)13-9/h7H,2-6,8H2,1H3,(H2,13,14,17,18). The molecule has 0 aromatic carbocycles. The van der Waals surface area contributed by atoms with Gasteiger partial charge in [-0.2, -0.15) is 0 Å². The van der Waals surface area contributed by atoms with Crippen molar-refractivity contribution in [2.24, 2.45) is 0 Å². The Hall–Kier alpha value is -2.09. The second-order valence-electron chi connectivity index (χ2n) is 4.58. The van der Waals surface area contributed by atoms with Gasteiger partial charge in [-0.25, -0.2) is 9.59 Å². The number of piperazine rings is 1. The Bertz CT molecular complexity index is 543. The van der Waals surface area contributed by atoms with E-state index in [-0.39, 0.29) is 6.09 Å². The Morgan fingerprint density at radius 3 is 2.55 bits per heavy atom. The summed E-state index contributed by atoms with van der Waals surface area (Å²) in [4.78, 5) is 42.4. The minimum Gasteiger partial charge on any atom is -0.450 e. The molecule has 0 unspecified atom stereocenters. The van der Waals surface area contributed by atoms with E-state index in [2.05, 4.69) is 14.9 Å². The van der Waals surface area contributed by atoms with Crippen LogP contribution in [0.3, 0.4) is 0 Å². The molecule has 0 spiro atoms. The zero-order valence-electron chi connectivity index (χ0n) is 11.3. The van der Waals surface area contributed by atoms with E-state index < -0.39 is 11.2 Å². The fourth-order valence-corrected chi connectivity index (χ4v) is 2.15. The molecule has 8 heteroatoms. The third-order valence-electron chi connectivity index (χ3n) is 3.11. The van der Waals surface area contributed by atoms with Gasteiger partial charge in [0.2, 0.25) is 0 Å². The third-order valence-corrected chi connectivity index (χ3v) is 3.11. The summed E-state index contributed by atoms with van der Waals surface area (Å²) in [5.41, 5.74) is -0.338. The number of hydrogen-bond donors (Lipinski definition) is 2. The van der Waals surface area contributed by atoms with E-state index in [1.54, 1.807) is 11.8 Å². The van der Waals surface area contributed by atoms with E-state index >= 15 is 0 Å². The summed E-state index contributed by atoms with van der Waals surface area (Å²) in [7, 11) is 0. The lowest BCUT2D eigenvalue weighted by atomic mass is 10.3. The molecule has 1 aromatic heterocycles. The molecule has 1 saturated heterocycles. The van der Waals surface area contributed by atoms with Crippen molar-refractivity contribution >= 4 is 6.09 Å². The van der Waals surface area contributed by atoms with Crippen LogP contribution in [0, 0.1) is 0 Å². The van der Waals surface area contributed by atoms with Gasteiger partial charge in [0.1, 0.15) is 0 Å². The molecule has 2 heterocycles. The van der Waals surface area contributed by atoms with Crippen LogP contribution in [0.1, 0.15) is 12.6 Å². The second kappa shape index (κ2) is 6.38. The lowest BCUT2D eigenvalue weighted by molar-refractivity contribution is 0.0775. The van der Waals surface area contributed by atoms with Crippen molar-refractivity contribution in [3.63, 3.8) is 0 Å². The van der Waals surface area contributed by atoms with Gasteiger partial charge in [0.05, 0.1) is 6.61 Å². The fraction of sp³-hybridized carbons (Fsp3) is 0.583. The van der Waals surface area contributed by atoms with Gasteiger partial charge >= 0.3 is 11.8 Å². The molecule has 1 aromatic rings. The van der Waals surface area contributed by atoms with Gasteiger partial charge in [-0.1, -0.05) is 0 Å². The van der Waals surface area contributed by atoms with Crippen LogP contribution < -0.4 is 11.2 Å². The van der Waals surface area contributed by atoms with Crippen molar-refractivity contribution < 1.29 is 9.53 Å². The summed E-state index contributed by atoms with van der Waals surface area (Å²) in [5, 5.41) is 0. The molecule has 0 saturated carbocycles. The van der Waals surface area contributed by atoms with E-state index in [1.807, 2.05) is 0 Å². The number of aromatic amines is 2. The number of ether oxygens (including phenoxy) is 1. The first kappa shape index (κ1) is 14.3. The summed E-state index contributed by atoms with van der Waals surface area (Å²) < 4.78 is 4.94. The van der Waals surface area contributed by atoms with E-state index in [1.165, 1.54) is 6.07 Å². The SMILES string of the molecule is CCOC(=O)N1CCN(Cc2cc(=O)[nH]c(=O)[nH]2)CC1. The predicted octanol–water partition coefficient (Wildman–Crippen LogP) is -0.663. The van der Waals surface area contributed by atoms with Crippen molar-refractivity contribution in [1.29, 1.82) is 0 Å². The Balaban J connectivity index is 1.89. The maximum atomic E-state index is 11.5. The monoisotopic (exact) mass is 282 g/mol. The van der Waals surface area contributed by atoms with Crippen LogP contribution in [0.5, 0.6) is 0 Å². The zero-order chi connectivity index (χ0) is 14.5. The molecular formula is C12H18N4O4. The lowest BCUT2D eigenvalue weighted by Crippen LogP contribution is -2.48. The molecule has 2 N–H and O–H groups in total. The number of hydrogen-bond acceptors (Lipinski definition) is 5. The molecule has 1 fully saturated rings. The molecule has 0 aliphatic carbocycles. The van der Waals surface area contributed by atoms with E-state index in [0.29, 0.717) is 45.0 Å². The maximum absolute atomic E-state index is 11.5. The van der Waals surface area contributed by atoms with E-state index in [0.717, 1.165) is 0 Å². The van der Waals surface area contributed by atoms with Gasteiger partial charge < -0.3 is 14.6 Å². The van der Waals surface area contributed by atoms with Crippen LogP contribution in [0.4, 0.5) is 4.79 Å². The number of aromatic nitrogens is 2. The first-order valence-corrected chi connectivity index (χ1v) is 6.55. The molecule has 110 valence electrons. The van der Waals surface area contributed by atoms with Crippen LogP contribution in [0.25, 0.3) is 0 Å². The van der Waals surface area contributed by atoms with Crippen molar-refractivity contribution in [3.8, 4) is 0 Å². The number of amides is 1. The topological polar surface area (TPSA) is 98.5 Å². The summed E-state index contributed by atoms with van der Waals surface area (Å²) in [5.74, 6) is 0. The minimum atomic E-state index is -0.502. The first-order chi connectivity index (χ1) is 9.58. The van der Waals surface area contributed by atoms with Crippen LogP contribution in [-0.2, 0) is 11.3 Å². The molecule has 0 atom stereocenters. The van der Waals surface area contributed by atoms with Crippen molar-refractivity contribution in [1.82, 2.24) is 19.8 Å². The van der Waals surface area contributed by atoms with E-state index in [4.69, 9.17) is 4.74 Å². The number of carbonyl (C=O) groups excluding carboxylic acids is 1. The van der Waals surface area contributed by atoms with Gasteiger partial charge in [0.25, 0.3) is 5.56 Å². The average molecular weight is 282 g/mol. The minimum absolute atomic E-state index is 0.295. The first-order valence-electron chi connectivity index (χ1n) is 6.55. The van der Waals surface area contributed by atoms with Crippen LogP contribution >= 0.6 is 0 Å². The molecule has 1 aliphatic rings. The highest BCUT2D eigenvalue weighted by Crippen LogP contribution is 2.06. The van der Waals surface area contributed by atoms with E-state index in [9.17, 15) is 14.4 Å². The van der Waals surface area contributed by atoms with Gasteiger partial charge in [-0.3, -0.25) is 14.7 Å².